The Labute approximate surface area is 143 Å². The Morgan fingerprint density at radius 2 is 1.58 bits per heavy atom. The standard InChI is InChI=1S/C13H19NO.C7H6O2/c1-13(2,11-6-4-3-5-7-11)14-9-8-12(15)10-14;8-7(9)6-4-2-1-3-5-6/h3-7,12,15H,8-10H2,1-2H3;1-5H,(H,8,9)/t12-;/m0./s1. The average Bonchev–Trinajstić information content (AvgIpc) is 3.04. The number of carboxylic acid groups (broad SMARTS) is 1. The van der Waals surface area contributed by atoms with Crippen LogP contribution in [0.5, 0.6) is 0 Å². The van der Waals surface area contributed by atoms with Crippen molar-refractivity contribution in [3.8, 4) is 0 Å². The molecule has 0 bridgehead atoms. The molecule has 1 aliphatic rings. The van der Waals surface area contributed by atoms with Crippen LogP contribution in [0.15, 0.2) is 60.7 Å². The summed E-state index contributed by atoms with van der Waals surface area (Å²) in [5, 5.41) is 18.0. The Kier molecular flexibility index (Phi) is 6.12. The molecule has 0 aromatic heterocycles. The molecule has 0 unspecified atom stereocenters. The number of hydrogen-bond donors (Lipinski definition) is 2. The monoisotopic (exact) mass is 327 g/mol. The maximum Gasteiger partial charge on any atom is 0.335 e. The van der Waals surface area contributed by atoms with Crippen molar-refractivity contribution in [2.24, 2.45) is 0 Å². The van der Waals surface area contributed by atoms with E-state index in [1.165, 1.54) is 5.56 Å². The fourth-order valence-electron chi connectivity index (χ4n) is 2.86. The predicted octanol–water partition coefficient (Wildman–Crippen LogP) is 3.37. The van der Waals surface area contributed by atoms with Crippen LogP contribution in [-0.2, 0) is 5.54 Å². The molecular formula is C20H25NO3. The molecule has 3 rings (SSSR count). The topological polar surface area (TPSA) is 60.8 Å². The lowest BCUT2D eigenvalue weighted by atomic mass is 9.93. The first kappa shape index (κ1) is 18.2. The molecule has 4 heteroatoms. The first-order valence-electron chi connectivity index (χ1n) is 8.18. The first-order chi connectivity index (χ1) is 11.4. The van der Waals surface area contributed by atoms with Gasteiger partial charge in [-0.1, -0.05) is 48.5 Å². The second-order valence-corrected chi connectivity index (χ2v) is 6.48. The molecule has 1 atom stereocenters. The third-order valence-electron chi connectivity index (χ3n) is 4.45. The Morgan fingerprint density at radius 3 is 2.00 bits per heavy atom. The van der Waals surface area contributed by atoms with E-state index >= 15 is 0 Å². The number of aliphatic hydroxyl groups is 1. The molecule has 0 amide bonds. The highest BCUT2D eigenvalue weighted by molar-refractivity contribution is 5.87. The smallest absolute Gasteiger partial charge is 0.335 e. The average molecular weight is 327 g/mol. The van der Waals surface area contributed by atoms with Crippen LogP contribution in [-0.4, -0.2) is 40.3 Å². The molecule has 2 aromatic carbocycles. The van der Waals surface area contributed by atoms with E-state index in [2.05, 4.69) is 43.0 Å². The van der Waals surface area contributed by atoms with Crippen LogP contribution in [0.3, 0.4) is 0 Å². The van der Waals surface area contributed by atoms with E-state index < -0.39 is 5.97 Å². The maximum absolute atomic E-state index is 10.2. The number of nitrogens with zero attached hydrogens (tertiary/aromatic N) is 1. The van der Waals surface area contributed by atoms with E-state index in [0.29, 0.717) is 5.56 Å². The lowest BCUT2D eigenvalue weighted by Gasteiger charge is -2.36. The second-order valence-electron chi connectivity index (χ2n) is 6.48. The zero-order chi connectivity index (χ0) is 17.6. The number of benzene rings is 2. The minimum absolute atomic E-state index is 0.0265. The van der Waals surface area contributed by atoms with E-state index in [4.69, 9.17) is 5.11 Å². The fraction of sp³-hybridized carbons (Fsp3) is 0.350. The summed E-state index contributed by atoms with van der Waals surface area (Å²) < 4.78 is 0. The van der Waals surface area contributed by atoms with Gasteiger partial charge in [-0.15, -0.1) is 0 Å². The maximum atomic E-state index is 10.2. The Hall–Kier alpha value is -2.17. The van der Waals surface area contributed by atoms with Crippen LogP contribution in [0.25, 0.3) is 0 Å². The molecular weight excluding hydrogens is 302 g/mol. The molecule has 2 aromatic rings. The Morgan fingerprint density at radius 1 is 1.04 bits per heavy atom. The first-order valence-corrected chi connectivity index (χ1v) is 8.18. The summed E-state index contributed by atoms with van der Waals surface area (Å²) in [5.41, 5.74) is 1.68. The molecule has 2 N–H and O–H groups in total. The van der Waals surface area contributed by atoms with E-state index in [-0.39, 0.29) is 11.6 Å². The van der Waals surface area contributed by atoms with Crippen molar-refractivity contribution in [3.05, 3.63) is 71.8 Å². The van der Waals surface area contributed by atoms with E-state index in [1.807, 2.05) is 6.07 Å². The number of β-amino-alcohol motifs (C(OH)–C–C–N with tert-alkyl or cyclic N) is 1. The van der Waals surface area contributed by atoms with Gasteiger partial charge in [0.25, 0.3) is 0 Å². The van der Waals surface area contributed by atoms with Crippen molar-refractivity contribution in [2.45, 2.75) is 31.9 Å². The van der Waals surface area contributed by atoms with Gasteiger partial charge in [-0.25, -0.2) is 4.79 Å². The minimum Gasteiger partial charge on any atom is -0.478 e. The van der Waals surface area contributed by atoms with Gasteiger partial charge >= 0.3 is 5.97 Å². The molecule has 0 spiro atoms. The number of carbonyl (C=O) groups is 1. The van der Waals surface area contributed by atoms with Crippen molar-refractivity contribution >= 4 is 5.97 Å². The number of likely N-dealkylation sites (tertiary alicyclic amines) is 1. The summed E-state index contributed by atoms with van der Waals surface area (Å²) >= 11 is 0. The molecule has 4 nitrogen and oxygen atoms in total. The molecule has 1 saturated heterocycles. The van der Waals surface area contributed by atoms with Gasteiger partial charge in [-0.3, -0.25) is 4.90 Å². The number of carboxylic acids is 1. The molecule has 1 heterocycles. The number of hydrogen-bond acceptors (Lipinski definition) is 3. The molecule has 0 saturated carbocycles. The molecule has 24 heavy (non-hydrogen) atoms. The lowest BCUT2D eigenvalue weighted by molar-refractivity contribution is 0.0697. The number of rotatable bonds is 3. The zero-order valence-electron chi connectivity index (χ0n) is 14.2. The fourth-order valence-corrected chi connectivity index (χ4v) is 2.86. The normalized spacial score (nSPS) is 17.9. The Balaban J connectivity index is 0.000000198. The SMILES string of the molecule is CC(C)(c1ccccc1)N1CC[C@H](O)C1.O=C(O)c1ccccc1. The second kappa shape index (κ2) is 8.08. The highest BCUT2D eigenvalue weighted by Crippen LogP contribution is 2.30. The number of aromatic carboxylic acids is 1. The van der Waals surface area contributed by atoms with Crippen molar-refractivity contribution < 1.29 is 15.0 Å². The molecule has 128 valence electrons. The van der Waals surface area contributed by atoms with Gasteiger partial charge in [0.1, 0.15) is 0 Å². The largest absolute Gasteiger partial charge is 0.478 e. The van der Waals surface area contributed by atoms with Crippen LogP contribution in [0.4, 0.5) is 0 Å². The summed E-state index contributed by atoms with van der Waals surface area (Å²) in [5.74, 6) is -0.879. The van der Waals surface area contributed by atoms with Gasteiger partial charge < -0.3 is 10.2 Å². The molecule has 0 radical (unpaired) electrons. The zero-order valence-corrected chi connectivity index (χ0v) is 14.2. The number of aliphatic hydroxyl groups excluding tert-OH is 1. The Bertz CT molecular complexity index is 640. The van der Waals surface area contributed by atoms with E-state index in [1.54, 1.807) is 30.3 Å². The third-order valence-corrected chi connectivity index (χ3v) is 4.45. The van der Waals surface area contributed by atoms with Crippen molar-refractivity contribution in [3.63, 3.8) is 0 Å². The summed E-state index contributed by atoms with van der Waals surface area (Å²) in [4.78, 5) is 12.6. The van der Waals surface area contributed by atoms with Crippen LogP contribution in [0, 0.1) is 0 Å². The predicted molar refractivity (Wildman–Crippen MR) is 95.1 cm³/mol. The van der Waals surface area contributed by atoms with Crippen LogP contribution in [0.1, 0.15) is 36.2 Å². The highest BCUT2D eigenvalue weighted by Gasteiger charge is 2.33. The lowest BCUT2D eigenvalue weighted by Crippen LogP contribution is -2.40. The summed E-state index contributed by atoms with van der Waals surface area (Å²) in [6, 6.07) is 18.8. The van der Waals surface area contributed by atoms with Gasteiger partial charge in [0.05, 0.1) is 11.7 Å². The van der Waals surface area contributed by atoms with Gasteiger partial charge in [-0.2, -0.15) is 0 Å². The summed E-state index contributed by atoms with van der Waals surface area (Å²) in [7, 11) is 0. The van der Waals surface area contributed by atoms with Crippen molar-refractivity contribution in [1.29, 1.82) is 0 Å². The molecule has 0 aliphatic carbocycles. The van der Waals surface area contributed by atoms with Crippen molar-refractivity contribution in [1.82, 2.24) is 4.90 Å². The van der Waals surface area contributed by atoms with Gasteiger partial charge in [-0.05, 0) is 38.0 Å². The van der Waals surface area contributed by atoms with E-state index in [9.17, 15) is 9.90 Å². The highest BCUT2D eigenvalue weighted by atomic mass is 16.4. The van der Waals surface area contributed by atoms with Crippen LogP contribution < -0.4 is 0 Å². The molecule has 1 fully saturated rings. The van der Waals surface area contributed by atoms with E-state index in [0.717, 1.165) is 19.5 Å². The summed E-state index contributed by atoms with van der Waals surface area (Å²) in [6.45, 7) is 6.23. The third kappa shape index (κ3) is 4.66. The summed E-state index contributed by atoms with van der Waals surface area (Å²) in [6.07, 6.45) is 0.754. The van der Waals surface area contributed by atoms with Gasteiger partial charge in [0.2, 0.25) is 0 Å². The van der Waals surface area contributed by atoms with Crippen molar-refractivity contribution in [2.75, 3.05) is 13.1 Å². The molecule has 1 aliphatic heterocycles. The van der Waals surface area contributed by atoms with Crippen LogP contribution in [0.2, 0.25) is 0 Å². The van der Waals surface area contributed by atoms with Gasteiger partial charge in [0.15, 0.2) is 0 Å². The minimum atomic E-state index is -0.879. The quantitative estimate of drug-likeness (QED) is 0.907. The van der Waals surface area contributed by atoms with Gasteiger partial charge in [0, 0.05) is 18.6 Å². The van der Waals surface area contributed by atoms with Crippen LogP contribution >= 0.6 is 0 Å².